The molecule has 0 spiro atoms. The van der Waals surface area contributed by atoms with Crippen molar-refractivity contribution in [3.63, 3.8) is 0 Å². The molecule has 1 aliphatic rings. The summed E-state index contributed by atoms with van der Waals surface area (Å²) in [4.78, 5) is 34.0. The second-order valence-electron chi connectivity index (χ2n) is 9.89. The lowest BCUT2D eigenvalue weighted by Gasteiger charge is -2.31. The zero-order chi connectivity index (χ0) is 26.4. The summed E-state index contributed by atoms with van der Waals surface area (Å²) in [5.74, 6) is -0.238. The van der Waals surface area contributed by atoms with Crippen molar-refractivity contribution in [3.8, 4) is 0 Å². The van der Waals surface area contributed by atoms with Crippen molar-refractivity contribution in [2.24, 2.45) is 5.92 Å². The predicted molar refractivity (Wildman–Crippen MR) is 142 cm³/mol. The van der Waals surface area contributed by atoms with Gasteiger partial charge in [-0.25, -0.2) is 4.98 Å². The lowest BCUT2D eigenvalue weighted by atomic mass is 9.98. The minimum absolute atomic E-state index is 0.111. The van der Waals surface area contributed by atoms with E-state index < -0.39 is 0 Å². The highest BCUT2D eigenvalue weighted by molar-refractivity contribution is 5.92. The van der Waals surface area contributed by atoms with E-state index in [9.17, 15) is 9.59 Å². The molecule has 2 heterocycles. The Hall–Kier alpha value is -3.45. The highest BCUT2D eigenvalue weighted by Gasteiger charge is 2.31. The van der Waals surface area contributed by atoms with Crippen LogP contribution in [0.2, 0.25) is 0 Å². The van der Waals surface area contributed by atoms with E-state index in [1.165, 1.54) is 28.5 Å². The molecule has 7 nitrogen and oxygen atoms in total. The van der Waals surface area contributed by atoms with Gasteiger partial charge in [0.1, 0.15) is 6.26 Å². The molecular formula is C30H37N3O4. The average molecular weight is 504 g/mol. The fraction of sp³-hybridized carbons (Fsp3) is 0.433. The number of likely N-dealkylation sites (tertiary alicyclic amines) is 1. The summed E-state index contributed by atoms with van der Waals surface area (Å²) < 4.78 is 11.0. The van der Waals surface area contributed by atoms with Gasteiger partial charge in [-0.3, -0.25) is 14.5 Å². The molecule has 37 heavy (non-hydrogen) atoms. The smallest absolute Gasteiger partial charge is 0.310 e. The minimum Gasteiger partial charge on any atom is -0.466 e. The second-order valence-corrected chi connectivity index (χ2v) is 9.89. The van der Waals surface area contributed by atoms with E-state index in [1.807, 2.05) is 18.2 Å². The number of benzene rings is 2. The summed E-state index contributed by atoms with van der Waals surface area (Å²) >= 11 is 0. The van der Waals surface area contributed by atoms with Crippen LogP contribution in [0.1, 0.15) is 71.4 Å². The van der Waals surface area contributed by atoms with E-state index >= 15 is 0 Å². The van der Waals surface area contributed by atoms with Crippen LogP contribution < -0.4 is 0 Å². The van der Waals surface area contributed by atoms with Gasteiger partial charge in [-0.1, -0.05) is 54.1 Å². The standard InChI is InChI=1S/C30H37N3O4/c1-5-36-30(35)25-12-9-15-32(17-25)29(34)27-20-37-28(31-27)19-33(23(4)24-10-7-6-8-11-24)18-26-16-21(2)13-14-22(26)3/h6-8,10-11,13-14,16,20,23,25H,5,9,12,15,17-19H2,1-4H3/t23-,25-/m1/s1. The largest absolute Gasteiger partial charge is 0.466 e. The number of carbonyl (C=O) groups excluding carboxylic acids is 2. The van der Waals surface area contributed by atoms with Crippen molar-refractivity contribution < 1.29 is 18.7 Å². The van der Waals surface area contributed by atoms with Crippen molar-refractivity contribution in [3.05, 3.63) is 88.6 Å². The Morgan fingerprint density at radius 1 is 1.16 bits per heavy atom. The van der Waals surface area contributed by atoms with Crippen LogP contribution in [0.4, 0.5) is 0 Å². The Morgan fingerprint density at radius 3 is 2.70 bits per heavy atom. The van der Waals surface area contributed by atoms with E-state index in [-0.39, 0.29) is 29.5 Å². The SMILES string of the molecule is CCOC(=O)[C@@H]1CCCN(C(=O)c2coc(CN(Cc3cc(C)ccc3C)[C@H](C)c3ccccc3)n2)C1. The van der Waals surface area contributed by atoms with Crippen molar-refractivity contribution >= 4 is 11.9 Å². The van der Waals surface area contributed by atoms with Gasteiger partial charge in [0, 0.05) is 25.7 Å². The Kier molecular flexibility index (Phi) is 8.77. The molecule has 3 aromatic rings. The van der Waals surface area contributed by atoms with Crippen LogP contribution in [0, 0.1) is 19.8 Å². The van der Waals surface area contributed by atoms with E-state index in [0.717, 1.165) is 19.4 Å². The molecule has 0 unspecified atom stereocenters. The summed E-state index contributed by atoms with van der Waals surface area (Å²) in [6, 6.07) is 17.0. The Balaban J connectivity index is 1.51. The predicted octanol–water partition coefficient (Wildman–Crippen LogP) is 5.47. The van der Waals surface area contributed by atoms with Crippen LogP contribution in [0.15, 0.2) is 59.2 Å². The monoisotopic (exact) mass is 503 g/mol. The molecule has 0 aliphatic carbocycles. The number of aryl methyl sites for hydroxylation is 2. The first-order valence-corrected chi connectivity index (χ1v) is 13.1. The fourth-order valence-electron chi connectivity index (χ4n) is 4.89. The van der Waals surface area contributed by atoms with Crippen LogP contribution >= 0.6 is 0 Å². The Labute approximate surface area is 219 Å². The van der Waals surface area contributed by atoms with Gasteiger partial charge in [0.15, 0.2) is 5.69 Å². The van der Waals surface area contributed by atoms with E-state index in [4.69, 9.17) is 9.15 Å². The molecule has 4 rings (SSSR count). The summed E-state index contributed by atoms with van der Waals surface area (Å²) in [7, 11) is 0. The molecule has 0 N–H and O–H groups in total. The van der Waals surface area contributed by atoms with Crippen molar-refractivity contribution in [1.29, 1.82) is 0 Å². The van der Waals surface area contributed by atoms with Gasteiger partial charge in [-0.15, -0.1) is 0 Å². The summed E-state index contributed by atoms with van der Waals surface area (Å²) in [6.07, 6.45) is 2.93. The molecule has 0 radical (unpaired) electrons. The first-order chi connectivity index (χ1) is 17.9. The number of nitrogens with zero attached hydrogens (tertiary/aromatic N) is 3. The first kappa shape index (κ1) is 26.6. The zero-order valence-electron chi connectivity index (χ0n) is 22.3. The molecule has 1 saturated heterocycles. The quantitative estimate of drug-likeness (QED) is 0.361. The maximum atomic E-state index is 13.2. The molecule has 2 aromatic carbocycles. The maximum Gasteiger partial charge on any atom is 0.310 e. The molecule has 0 bridgehead atoms. The lowest BCUT2D eigenvalue weighted by Crippen LogP contribution is -2.43. The summed E-state index contributed by atoms with van der Waals surface area (Å²) in [6.45, 7) is 10.7. The van der Waals surface area contributed by atoms with Crippen LogP contribution in [-0.4, -0.2) is 46.4 Å². The zero-order valence-corrected chi connectivity index (χ0v) is 22.3. The maximum absolute atomic E-state index is 13.2. The number of hydrogen-bond acceptors (Lipinski definition) is 6. The van der Waals surface area contributed by atoms with Crippen LogP contribution in [0.5, 0.6) is 0 Å². The minimum atomic E-state index is -0.288. The number of aromatic nitrogens is 1. The topological polar surface area (TPSA) is 75.9 Å². The van der Waals surface area contributed by atoms with Gasteiger partial charge >= 0.3 is 5.97 Å². The lowest BCUT2D eigenvalue weighted by molar-refractivity contribution is -0.149. The third-order valence-corrected chi connectivity index (χ3v) is 7.15. The number of piperidine rings is 1. The van der Waals surface area contributed by atoms with Gasteiger partial charge in [0.25, 0.3) is 5.91 Å². The third kappa shape index (κ3) is 6.66. The van der Waals surface area contributed by atoms with E-state index in [2.05, 4.69) is 61.0 Å². The number of oxazole rings is 1. The molecule has 7 heteroatoms. The van der Waals surface area contributed by atoms with Gasteiger partial charge in [-0.2, -0.15) is 0 Å². The first-order valence-electron chi connectivity index (χ1n) is 13.1. The van der Waals surface area contributed by atoms with Gasteiger partial charge < -0.3 is 14.1 Å². The molecule has 196 valence electrons. The van der Waals surface area contributed by atoms with Crippen LogP contribution in [-0.2, 0) is 22.6 Å². The molecule has 1 aliphatic heterocycles. The third-order valence-electron chi connectivity index (χ3n) is 7.15. The van der Waals surface area contributed by atoms with Gasteiger partial charge in [0.05, 0.1) is 19.1 Å². The van der Waals surface area contributed by atoms with Crippen LogP contribution in [0.25, 0.3) is 0 Å². The highest BCUT2D eigenvalue weighted by atomic mass is 16.5. The fourth-order valence-corrected chi connectivity index (χ4v) is 4.89. The van der Waals surface area contributed by atoms with Crippen molar-refractivity contribution in [2.75, 3.05) is 19.7 Å². The summed E-state index contributed by atoms with van der Waals surface area (Å²) in [5, 5.41) is 0. The second kappa shape index (κ2) is 12.2. The van der Waals surface area contributed by atoms with E-state index in [1.54, 1.807) is 11.8 Å². The number of rotatable bonds is 9. The molecule has 1 fully saturated rings. The number of amides is 1. The Morgan fingerprint density at radius 2 is 1.95 bits per heavy atom. The average Bonchev–Trinajstić information content (AvgIpc) is 3.38. The molecule has 2 atom stereocenters. The van der Waals surface area contributed by atoms with E-state index in [0.29, 0.717) is 32.1 Å². The Bertz CT molecular complexity index is 1210. The van der Waals surface area contributed by atoms with Crippen molar-refractivity contribution in [1.82, 2.24) is 14.8 Å². The molecular weight excluding hydrogens is 466 g/mol. The molecule has 1 aromatic heterocycles. The number of carbonyl (C=O) groups is 2. The van der Waals surface area contributed by atoms with Crippen LogP contribution in [0.3, 0.4) is 0 Å². The van der Waals surface area contributed by atoms with Crippen molar-refractivity contribution in [2.45, 2.75) is 59.7 Å². The molecule has 1 amide bonds. The number of esters is 1. The number of ether oxygens (including phenoxy) is 1. The highest BCUT2D eigenvalue weighted by Crippen LogP contribution is 2.26. The number of hydrogen-bond donors (Lipinski definition) is 0. The summed E-state index contributed by atoms with van der Waals surface area (Å²) in [5.41, 5.74) is 5.19. The normalized spacial score (nSPS) is 16.6. The van der Waals surface area contributed by atoms with Gasteiger partial charge in [0.2, 0.25) is 5.89 Å². The van der Waals surface area contributed by atoms with Gasteiger partial charge in [-0.05, 0) is 57.2 Å². The molecule has 0 saturated carbocycles.